The molecule has 0 atom stereocenters. The molecule has 0 bridgehead atoms. The Morgan fingerprint density at radius 2 is 1.89 bits per heavy atom. The Morgan fingerprint density at radius 3 is 2.64 bits per heavy atom. The van der Waals surface area contributed by atoms with Gasteiger partial charge in [-0.15, -0.1) is 0 Å². The average Bonchev–Trinajstić information content (AvgIpc) is 2.66. The van der Waals surface area contributed by atoms with Crippen molar-refractivity contribution in [2.45, 2.75) is 6.54 Å². The van der Waals surface area contributed by atoms with E-state index in [0.29, 0.717) is 5.56 Å². The highest BCUT2D eigenvalue weighted by molar-refractivity contribution is 6.04. The number of nitro groups is 1. The van der Waals surface area contributed by atoms with Crippen molar-refractivity contribution in [1.29, 1.82) is 0 Å². The number of hydrogen-bond donors (Lipinski definition) is 1. The monoisotopic (exact) mass is 385 g/mol. The number of benzene rings is 2. The number of carbonyl (C=O) groups is 1. The molecule has 0 spiro atoms. The van der Waals surface area contributed by atoms with Gasteiger partial charge in [-0.05, 0) is 29.8 Å². The van der Waals surface area contributed by atoms with Crippen molar-refractivity contribution in [3.63, 3.8) is 0 Å². The van der Waals surface area contributed by atoms with Crippen LogP contribution in [0, 0.1) is 21.7 Å². The number of hydrogen-bond acceptors (Lipinski definition) is 4. The van der Waals surface area contributed by atoms with Gasteiger partial charge < -0.3 is 9.88 Å². The van der Waals surface area contributed by atoms with Gasteiger partial charge in [0.2, 0.25) is 0 Å². The number of halogens is 2. The summed E-state index contributed by atoms with van der Waals surface area (Å²) in [7, 11) is 0. The summed E-state index contributed by atoms with van der Waals surface area (Å²) in [5.74, 6) is -2.49. The molecule has 0 aliphatic rings. The number of nitro benzene ring substituents is 1. The molecule has 7 nitrogen and oxygen atoms in total. The van der Waals surface area contributed by atoms with Gasteiger partial charge in [-0.25, -0.2) is 8.78 Å². The minimum atomic E-state index is -0.900. The number of anilines is 1. The Kier molecular flexibility index (Phi) is 5.25. The Hall–Kier alpha value is -3.88. The molecule has 0 aliphatic carbocycles. The number of carbonyl (C=O) groups excluding carboxylic acids is 1. The molecular formula is C19H13F2N3O4. The largest absolute Gasteiger partial charge is 0.319 e. The number of aromatic nitrogens is 1. The van der Waals surface area contributed by atoms with E-state index in [9.17, 15) is 28.5 Å². The van der Waals surface area contributed by atoms with Crippen LogP contribution in [0.4, 0.5) is 20.2 Å². The van der Waals surface area contributed by atoms with Crippen LogP contribution >= 0.6 is 0 Å². The van der Waals surface area contributed by atoms with Crippen LogP contribution in [0.25, 0.3) is 0 Å². The molecule has 0 fully saturated rings. The summed E-state index contributed by atoms with van der Waals surface area (Å²) >= 11 is 0. The van der Waals surface area contributed by atoms with Crippen molar-refractivity contribution in [2.24, 2.45) is 0 Å². The second-order valence-electron chi connectivity index (χ2n) is 5.86. The minimum Gasteiger partial charge on any atom is -0.319 e. The Labute approximate surface area is 157 Å². The molecule has 0 radical (unpaired) electrons. The fourth-order valence-electron chi connectivity index (χ4n) is 2.58. The van der Waals surface area contributed by atoms with Gasteiger partial charge in [0.15, 0.2) is 0 Å². The second kappa shape index (κ2) is 7.78. The molecule has 0 aliphatic heterocycles. The van der Waals surface area contributed by atoms with Crippen LogP contribution in [-0.2, 0) is 6.54 Å². The quantitative estimate of drug-likeness (QED) is 0.538. The maximum absolute atomic E-state index is 13.7. The average molecular weight is 385 g/mol. The van der Waals surface area contributed by atoms with Crippen LogP contribution in [0.1, 0.15) is 15.9 Å². The van der Waals surface area contributed by atoms with Crippen LogP contribution < -0.4 is 10.9 Å². The predicted octanol–water partition coefficient (Wildman–Crippen LogP) is 3.34. The molecular weight excluding hydrogens is 372 g/mol. The van der Waals surface area contributed by atoms with Crippen molar-refractivity contribution >= 4 is 17.3 Å². The highest BCUT2D eigenvalue weighted by Gasteiger charge is 2.15. The Bertz CT molecular complexity index is 1130. The molecule has 28 heavy (non-hydrogen) atoms. The third kappa shape index (κ3) is 4.09. The standard InChI is InChI=1S/C19H13F2N3O4/c20-13-6-7-16(21)17(10-13)22-18(25)15-5-2-8-23(19(15)26)11-12-3-1-4-14(9-12)24(27)28/h1-10H,11H2,(H,22,25). The molecule has 0 saturated heterocycles. The van der Waals surface area contributed by atoms with Crippen molar-refractivity contribution in [3.8, 4) is 0 Å². The van der Waals surface area contributed by atoms with Crippen molar-refractivity contribution in [1.82, 2.24) is 4.57 Å². The van der Waals surface area contributed by atoms with E-state index in [1.165, 1.54) is 41.1 Å². The second-order valence-corrected chi connectivity index (χ2v) is 5.86. The number of pyridine rings is 1. The lowest BCUT2D eigenvalue weighted by atomic mass is 10.2. The number of nitrogens with zero attached hydrogens (tertiary/aromatic N) is 2. The number of nitrogens with one attached hydrogen (secondary N) is 1. The van der Waals surface area contributed by atoms with Gasteiger partial charge >= 0.3 is 0 Å². The first-order chi connectivity index (χ1) is 13.3. The molecule has 2 aromatic carbocycles. The predicted molar refractivity (Wildman–Crippen MR) is 97.2 cm³/mol. The number of non-ortho nitro benzene ring substituents is 1. The summed E-state index contributed by atoms with van der Waals surface area (Å²) in [5.41, 5.74) is -0.982. The van der Waals surface area contributed by atoms with Gasteiger partial charge in [0.25, 0.3) is 17.2 Å². The summed E-state index contributed by atoms with van der Waals surface area (Å²) < 4.78 is 28.1. The van der Waals surface area contributed by atoms with E-state index in [-0.39, 0.29) is 17.8 Å². The first kappa shape index (κ1) is 18.9. The van der Waals surface area contributed by atoms with Gasteiger partial charge in [0.05, 0.1) is 17.2 Å². The molecule has 9 heteroatoms. The summed E-state index contributed by atoms with van der Waals surface area (Å²) in [6.45, 7) is -0.00401. The van der Waals surface area contributed by atoms with Gasteiger partial charge in [-0.3, -0.25) is 19.7 Å². The van der Waals surface area contributed by atoms with E-state index in [2.05, 4.69) is 5.32 Å². The van der Waals surface area contributed by atoms with E-state index in [1.54, 1.807) is 6.07 Å². The fourth-order valence-corrected chi connectivity index (χ4v) is 2.58. The molecule has 1 amide bonds. The van der Waals surface area contributed by atoms with Crippen molar-refractivity contribution < 1.29 is 18.5 Å². The first-order valence-corrected chi connectivity index (χ1v) is 8.04. The molecule has 1 N–H and O–H groups in total. The van der Waals surface area contributed by atoms with Crippen molar-refractivity contribution in [3.05, 3.63) is 104 Å². The maximum atomic E-state index is 13.7. The van der Waals surface area contributed by atoms with Crippen LogP contribution in [0.5, 0.6) is 0 Å². The highest BCUT2D eigenvalue weighted by atomic mass is 19.1. The third-order valence-corrected chi connectivity index (χ3v) is 3.92. The SMILES string of the molecule is O=C(Nc1cc(F)ccc1F)c1cccn(Cc2cccc([N+](=O)[O-])c2)c1=O. The van der Waals surface area contributed by atoms with E-state index < -0.39 is 33.7 Å². The molecule has 142 valence electrons. The lowest BCUT2D eigenvalue weighted by molar-refractivity contribution is -0.384. The van der Waals surface area contributed by atoms with Gasteiger partial charge in [-0.2, -0.15) is 0 Å². The van der Waals surface area contributed by atoms with Crippen LogP contribution in [-0.4, -0.2) is 15.4 Å². The molecule has 0 saturated carbocycles. The summed E-state index contributed by atoms with van der Waals surface area (Å²) in [5, 5.41) is 13.0. The van der Waals surface area contributed by atoms with Crippen molar-refractivity contribution in [2.75, 3.05) is 5.32 Å². The van der Waals surface area contributed by atoms with E-state index in [4.69, 9.17) is 0 Å². The fraction of sp³-hybridized carbons (Fsp3) is 0.0526. The zero-order valence-electron chi connectivity index (χ0n) is 14.3. The zero-order valence-corrected chi connectivity index (χ0v) is 14.3. The van der Waals surface area contributed by atoms with Crippen LogP contribution in [0.15, 0.2) is 65.6 Å². The molecule has 3 aromatic rings. The maximum Gasteiger partial charge on any atom is 0.269 e. The zero-order chi connectivity index (χ0) is 20.3. The van der Waals surface area contributed by atoms with E-state index >= 15 is 0 Å². The van der Waals surface area contributed by atoms with E-state index in [1.807, 2.05) is 0 Å². The van der Waals surface area contributed by atoms with Gasteiger partial charge in [-0.1, -0.05) is 12.1 Å². The Balaban J connectivity index is 1.87. The number of amides is 1. The summed E-state index contributed by atoms with van der Waals surface area (Å²) in [4.78, 5) is 35.2. The smallest absolute Gasteiger partial charge is 0.269 e. The minimum absolute atomic E-state index is 0.00401. The normalized spacial score (nSPS) is 10.5. The molecule has 3 rings (SSSR count). The molecule has 0 unspecified atom stereocenters. The lowest BCUT2D eigenvalue weighted by Crippen LogP contribution is -2.29. The van der Waals surface area contributed by atoms with Gasteiger partial charge in [0.1, 0.15) is 17.2 Å². The first-order valence-electron chi connectivity index (χ1n) is 8.04. The summed E-state index contributed by atoms with van der Waals surface area (Å²) in [6.07, 6.45) is 1.42. The Morgan fingerprint density at radius 1 is 1.11 bits per heavy atom. The molecule has 1 heterocycles. The van der Waals surface area contributed by atoms with Crippen LogP contribution in [0.3, 0.4) is 0 Å². The van der Waals surface area contributed by atoms with Crippen LogP contribution in [0.2, 0.25) is 0 Å². The highest BCUT2D eigenvalue weighted by Crippen LogP contribution is 2.16. The lowest BCUT2D eigenvalue weighted by Gasteiger charge is -2.09. The van der Waals surface area contributed by atoms with E-state index in [0.717, 1.165) is 18.2 Å². The number of rotatable bonds is 5. The van der Waals surface area contributed by atoms with Gasteiger partial charge in [0, 0.05) is 24.4 Å². The third-order valence-electron chi connectivity index (χ3n) is 3.92. The molecule has 1 aromatic heterocycles. The topological polar surface area (TPSA) is 94.2 Å². The summed E-state index contributed by atoms with van der Waals surface area (Å²) in [6, 6.07) is 11.0.